The molecule has 8 heteroatoms. The molecule has 2 aliphatic heterocycles. The van der Waals surface area contributed by atoms with Crippen molar-refractivity contribution in [3.63, 3.8) is 0 Å². The summed E-state index contributed by atoms with van der Waals surface area (Å²) in [7, 11) is 0. The van der Waals surface area contributed by atoms with Crippen molar-refractivity contribution in [3.05, 3.63) is 84.0 Å². The lowest BCUT2D eigenvalue weighted by Gasteiger charge is -2.43. The van der Waals surface area contributed by atoms with Gasteiger partial charge in [0.05, 0.1) is 5.69 Å². The molecule has 2 atom stereocenters. The van der Waals surface area contributed by atoms with Gasteiger partial charge >= 0.3 is 0 Å². The number of allylic oxidation sites excluding steroid dienone is 3. The Morgan fingerprint density at radius 2 is 2.00 bits per heavy atom. The number of fused-ring (bicyclic) bond motifs is 1. The van der Waals surface area contributed by atoms with Gasteiger partial charge in [-0.3, -0.25) is 4.90 Å². The minimum atomic E-state index is 0.403. The fraction of sp³-hybridized carbons (Fsp3) is 0.393. The summed E-state index contributed by atoms with van der Waals surface area (Å²) in [5.41, 5.74) is 7.36. The third kappa shape index (κ3) is 5.99. The summed E-state index contributed by atoms with van der Waals surface area (Å²) in [5, 5.41) is 3.23. The summed E-state index contributed by atoms with van der Waals surface area (Å²) in [6.45, 7) is 21.5. The lowest BCUT2D eigenvalue weighted by molar-refractivity contribution is 0.102. The zero-order chi connectivity index (χ0) is 25.8. The van der Waals surface area contributed by atoms with E-state index in [0.717, 1.165) is 72.1 Å². The second-order valence-corrected chi connectivity index (χ2v) is 10.3. The minimum Gasteiger partial charge on any atom is -0.369 e. The summed E-state index contributed by atoms with van der Waals surface area (Å²) in [6.07, 6.45) is 9.95. The molecule has 0 unspecified atom stereocenters. The van der Waals surface area contributed by atoms with Crippen LogP contribution in [0.25, 0.3) is 5.70 Å². The molecule has 2 aliphatic rings. The number of aromatic nitrogens is 3. The van der Waals surface area contributed by atoms with E-state index >= 15 is 0 Å². The zero-order valence-electron chi connectivity index (χ0n) is 21.8. The Labute approximate surface area is 219 Å². The maximum absolute atomic E-state index is 4.80. The summed E-state index contributed by atoms with van der Waals surface area (Å²) < 4.78 is 3.21. The maximum Gasteiger partial charge on any atom is 0.227 e. The highest BCUT2D eigenvalue weighted by Crippen LogP contribution is 2.33. The predicted molar refractivity (Wildman–Crippen MR) is 152 cm³/mol. The molecule has 0 bridgehead atoms. The number of piperidine rings is 1. The SMILES string of the molecule is C=C(/C=C(/C)C(=C)C)Nc1ncc2c(n1)CN([C@H]1CCN(C(=C)c3ccnc(NSC)c3)[C@H](C)C1)C2. The molecular weight excluding hydrogens is 466 g/mol. The average molecular weight is 504 g/mol. The van der Waals surface area contributed by atoms with Gasteiger partial charge in [0.2, 0.25) is 5.95 Å². The number of nitrogens with zero attached hydrogens (tertiary/aromatic N) is 5. The molecule has 2 aromatic rings. The quantitative estimate of drug-likeness (QED) is 0.326. The zero-order valence-corrected chi connectivity index (χ0v) is 22.7. The molecule has 2 aromatic heterocycles. The van der Waals surface area contributed by atoms with Gasteiger partial charge in [0.15, 0.2) is 0 Å². The molecule has 1 saturated heterocycles. The molecule has 36 heavy (non-hydrogen) atoms. The Morgan fingerprint density at radius 3 is 2.72 bits per heavy atom. The van der Waals surface area contributed by atoms with Crippen molar-refractivity contribution < 1.29 is 0 Å². The van der Waals surface area contributed by atoms with E-state index in [9.17, 15) is 0 Å². The van der Waals surface area contributed by atoms with E-state index in [1.165, 1.54) is 5.56 Å². The van der Waals surface area contributed by atoms with Crippen molar-refractivity contribution in [2.75, 3.05) is 22.8 Å². The fourth-order valence-electron chi connectivity index (χ4n) is 4.88. The summed E-state index contributed by atoms with van der Waals surface area (Å²) in [4.78, 5) is 18.7. The van der Waals surface area contributed by atoms with Crippen molar-refractivity contribution in [1.29, 1.82) is 0 Å². The molecular formula is C28H37N7S. The average Bonchev–Trinajstić information content (AvgIpc) is 3.27. The summed E-state index contributed by atoms with van der Waals surface area (Å²) >= 11 is 1.54. The van der Waals surface area contributed by atoms with Crippen LogP contribution in [0.15, 0.2) is 67.2 Å². The number of likely N-dealkylation sites (tertiary alicyclic amines) is 1. The number of anilines is 2. The van der Waals surface area contributed by atoms with Gasteiger partial charge in [0.1, 0.15) is 5.82 Å². The van der Waals surface area contributed by atoms with Crippen molar-refractivity contribution in [3.8, 4) is 0 Å². The van der Waals surface area contributed by atoms with E-state index in [1.807, 2.05) is 44.6 Å². The molecule has 0 radical (unpaired) electrons. The van der Waals surface area contributed by atoms with E-state index in [2.05, 4.69) is 62.5 Å². The van der Waals surface area contributed by atoms with Gasteiger partial charge in [-0.05, 0) is 57.4 Å². The first-order valence-electron chi connectivity index (χ1n) is 12.3. The van der Waals surface area contributed by atoms with Gasteiger partial charge in [-0.2, -0.15) is 0 Å². The summed E-state index contributed by atoms with van der Waals surface area (Å²) in [5.74, 6) is 1.46. The number of rotatable bonds is 9. The number of hydrogen-bond donors (Lipinski definition) is 2. The molecule has 0 amide bonds. The van der Waals surface area contributed by atoms with Gasteiger partial charge in [0, 0.05) is 72.9 Å². The van der Waals surface area contributed by atoms with E-state index in [0.29, 0.717) is 18.0 Å². The second kappa shape index (κ2) is 11.3. The molecule has 1 fully saturated rings. The Hall–Kier alpha value is -3.10. The van der Waals surface area contributed by atoms with Crippen molar-refractivity contribution in [1.82, 2.24) is 24.8 Å². The van der Waals surface area contributed by atoms with E-state index in [4.69, 9.17) is 4.98 Å². The predicted octanol–water partition coefficient (Wildman–Crippen LogP) is 5.85. The molecule has 190 valence electrons. The van der Waals surface area contributed by atoms with Crippen LogP contribution in [0.1, 0.15) is 50.4 Å². The Bertz CT molecular complexity index is 1190. The maximum atomic E-state index is 4.80. The highest BCUT2D eigenvalue weighted by atomic mass is 32.2. The van der Waals surface area contributed by atoms with E-state index < -0.39 is 0 Å². The lowest BCUT2D eigenvalue weighted by atomic mass is 9.95. The van der Waals surface area contributed by atoms with Crippen LogP contribution in [0.5, 0.6) is 0 Å². The fourth-order valence-corrected chi connectivity index (χ4v) is 5.20. The van der Waals surface area contributed by atoms with Crippen LogP contribution >= 0.6 is 11.9 Å². The van der Waals surface area contributed by atoms with Crippen LogP contribution in [0.4, 0.5) is 11.8 Å². The molecule has 0 spiro atoms. The lowest BCUT2D eigenvalue weighted by Crippen LogP contribution is -2.46. The van der Waals surface area contributed by atoms with Gasteiger partial charge < -0.3 is 14.9 Å². The van der Waals surface area contributed by atoms with Gasteiger partial charge in [-0.15, -0.1) is 0 Å². The standard InChI is InChI=1S/C28H37N7S/c1-18(2)19(3)12-20(4)31-28-30-15-24-16-34(17-26(24)32-28)25-9-11-35(21(5)13-25)22(6)23-8-10-29-27(14-23)33-36-7/h8,10,12,14-15,21,25H,1,4,6,9,11,13,16-17H2,2-3,5,7H3,(H,29,33)(H,30,31,32)/b19-12-/t21-,25+/m1/s1. The van der Waals surface area contributed by atoms with E-state index in [-0.39, 0.29) is 0 Å². The molecule has 7 nitrogen and oxygen atoms in total. The Morgan fingerprint density at radius 1 is 1.19 bits per heavy atom. The molecule has 0 aromatic carbocycles. The molecule has 4 heterocycles. The normalized spacial score (nSPS) is 20.1. The molecule has 0 aliphatic carbocycles. The highest BCUT2D eigenvalue weighted by molar-refractivity contribution is 7.99. The smallest absolute Gasteiger partial charge is 0.227 e. The van der Waals surface area contributed by atoms with Gasteiger partial charge in [0.25, 0.3) is 0 Å². The van der Waals surface area contributed by atoms with Gasteiger partial charge in [-0.25, -0.2) is 15.0 Å². The molecule has 4 rings (SSSR count). The first-order valence-corrected chi connectivity index (χ1v) is 13.6. The minimum absolute atomic E-state index is 0.403. The monoisotopic (exact) mass is 503 g/mol. The van der Waals surface area contributed by atoms with Crippen LogP contribution in [-0.4, -0.2) is 49.6 Å². The van der Waals surface area contributed by atoms with Crippen molar-refractivity contribution in [2.45, 2.75) is 58.8 Å². The summed E-state index contributed by atoms with van der Waals surface area (Å²) in [6, 6.07) is 5.03. The first kappa shape index (κ1) is 26.0. The number of hydrogen-bond acceptors (Lipinski definition) is 8. The van der Waals surface area contributed by atoms with Crippen LogP contribution in [0.3, 0.4) is 0 Å². The Balaban J connectivity index is 1.36. The molecule has 2 N–H and O–H groups in total. The van der Waals surface area contributed by atoms with Crippen LogP contribution in [-0.2, 0) is 13.1 Å². The van der Waals surface area contributed by atoms with Crippen LogP contribution in [0.2, 0.25) is 0 Å². The van der Waals surface area contributed by atoms with Gasteiger partial charge in [-0.1, -0.05) is 37.3 Å². The Kier molecular flexibility index (Phi) is 8.16. The largest absolute Gasteiger partial charge is 0.369 e. The number of pyridine rings is 1. The van der Waals surface area contributed by atoms with Crippen LogP contribution < -0.4 is 10.0 Å². The second-order valence-electron chi connectivity index (χ2n) is 9.73. The third-order valence-corrected chi connectivity index (χ3v) is 7.44. The highest BCUT2D eigenvalue weighted by Gasteiger charge is 2.33. The molecule has 0 saturated carbocycles. The van der Waals surface area contributed by atoms with Crippen LogP contribution in [0, 0.1) is 0 Å². The van der Waals surface area contributed by atoms with E-state index in [1.54, 1.807) is 11.9 Å². The van der Waals surface area contributed by atoms with Crippen molar-refractivity contribution in [2.24, 2.45) is 0 Å². The number of nitrogens with one attached hydrogen (secondary N) is 2. The first-order chi connectivity index (χ1) is 17.2. The topological polar surface area (TPSA) is 69.2 Å². The van der Waals surface area contributed by atoms with Crippen molar-refractivity contribution >= 4 is 29.4 Å². The third-order valence-electron chi connectivity index (χ3n) is 7.03.